The van der Waals surface area contributed by atoms with E-state index in [1.54, 1.807) is 0 Å². The van der Waals surface area contributed by atoms with Gasteiger partial charge >= 0.3 is 0 Å². The molecule has 3 nitrogen and oxygen atoms in total. The molecular formula is C16H32N2O. The third kappa shape index (κ3) is 4.73. The predicted octanol–water partition coefficient (Wildman–Crippen LogP) is 2.51. The summed E-state index contributed by atoms with van der Waals surface area (Å²) in [5.74, 6) is 1.74. The van der Waals surface area contributed by atoms with Gasteiger partial charge in [0.1, 0.15) is 0 Å². The minimum atomic E-state index is 0.802. The molecule has 0 radical (unpaired) electrons. The molecule has 0 bridgehead atoms. The summed E-state index contributed by atoms with van der Waals surface area (Å²) in [5.41, 5.74) is 0. The molecular weight excluding hydrogens is 236 g/mol. The molecule has 0 aromatic rings. The summed E-state index contributed by atoms with van der Waals surface area (Å²) in [6, 6.07) is 0.802. The van der Waals surface area contributed by atoms with Crippen LogP contribution in [0.3, 0.4) is 0 Å². The normalized spacial score (nSPS) is 30.0. The molecule has 2 unspecified atom stereocenters. The predicted molar refractivity (Wildman–Crippen MR) is 80.5 cm³/mol. The van der Waals surface area contributed by atoms with Gasteiger partial charge < -0.3 is 15.0 Å². The second-order valence-electron chi connectivity index (χ2n) is 6.38. The van der Waals surface area contributed by atoms with E-state index in [4.69, 9.17) is 4.74 Å². The third-order valence-electron chi connectivity index (χ3n) is 5.05. The second kappa shape index (κ2) is 8.23. The molecule has 0 spiro atoms. The first-order valence-electron chi connectivity index (χ1n) is 8.28. The van der Waals surface area contributed by atoms with Crippen molar-refractivity contribution in [1.29, 1.82) is 0 Å². The maximum Gasteiger partial charge on any atom is 0.0491 e. The zero-order valence-electron chi connectivity index (χ0n) is 12.9. The van der Waals surface area contributed by atoms with Crippen LogP contribution in [0, 0.1) is 11.8 Å². The van der Waals surface area contributed by atoms with Crippen LogP contribution in [-0.2, 0) is 4.74 Å². The van der Waals surface area contributed by atoms with Crippen LogP contribution in [0.15, 0.2) is 0 Å². The zero-order chi connectivity index (χ0) is 13.5. The van der Waals surface area contributed by atoms with E-state index in [1.807, 2.05) is 7.11 Å². The van der Waals surface area contributed by atoms with Crippen LogP contribution in [0.5, 0.6) is 0 Å². The molecule has 2 fully saturated rings. The smallest absolute Gasteiger partial charge is 0.0491 e. The SMILES string of the molecule is CCNC1CCCC1CCN1CCC(COC)CC1. The van der Waals surface area contributed by atoms with Crippen LogP contribution in [0.4, 0.5) is 0 Å². The Kier molecular flexibility index (Phi) is 6.62. The van der Waals surface area contributed by atoms with Crippen LogP contribution in [0.2, 0.25) is 0 Å². The quantitative estimate of drug-likeness (QED) is 0.768. The lowest BCUT2D eigenvalue weighted by Gasteiger charge is -2.32. The summed E-state index contributed by atoms with van der Waals surface area (Å²) in [6.45, 7) is 8.20. The molecule has 112 valence electrons. The van der Waals surface area contributed by atoms with Crippen molar-refractivity contribution in [2.24, 2.45) is 11.8 Å². The van der Waals surface area contributed by atoms with Gasteiger partial charge in [-0.15, -0.1) is 0 Å². The van der Waals surface area contributed by atoms with E-state index in [2.05, 4.69) is 17.1 Å². The minimum Gasteiger partial charge on any atom is -0.384 e. The summed E-state index contributed by atoms with van der Waals surface area (Å²) in [7, 11) is 1.83. The highest BCUT2D eigenvalue weighted by molar-refractivity contribution is 4.84. The van der Waals surface area contributed by atoms with Crippen molar-refractivity contribution < 1.29 is 4.74 Å². The number of rotatable bonds is 7. The van der Waals surface area contributed by atoms with Crippen LogP contribution >= 0.6 is 0 Å². The average Bonchev–Trinajstić information content (AvgIpc) is 2.86. The van der Waals surface area contributed by atoms with Gasteiger partial charge in [-0.25, -0.2) is 0 Å². The maximum atomic E-state index is 5.27. The van der Waals surface area contributed by atoms with Crippen LogP contribution in [0.25, 0.3) is 0 Å². The summed E-state index contributed by atoms with van der Waals surface area (Å²) < 4.78 is 5.27. The molecule has 1 aliphatic carbocycles. The van der Waals surface area contributed by atoms with E-state index in [9.17, 15) is 0 Å². The first kappa shape index (κ1) is 15.3. The number of hydrogen-bond donors (Lipinski definition) is 1. The molecule has 1 saturated carbocycles. The van der Waals surface area contributed by atoms with Crippen molar-refractivity contribution in [2.45, 2.75) is 51.5 Å². The molecule has 3 heteroatoms. The Hall–Kier alpha value is -0.120. The van der Waals surface area contributed by atoms with Gasteiger partial charge in [0.25, 0.3) is 0 Å². The fourth-order valence-electron chi connectivity index (χ4n) is 3.87. The van der Waals surface area contributed by atoms with Crippen LogP contribution in [0.1, 0.15) is 45.4 Å². The molecule has 0 aromatic carbocycles. The lowest BCUT2D eigenvalue weighted by molar-refractivity contribution is 0.0964. The molecule has 2 atom stereocenters. The van der Waals surface area contributed by atoms with Crippen molar-refractivity contribution in [2.75, 3.05) is 39.9 Å². The summed E-state index contributed by atoms with van der Waals surface area (Å²) in [5, 5.41) is 3.67. The van der Waals surface area contributed by atoms with Crippen molar-refractivity contribution in [3.05, 3.63) is 0 Å². The molecule has 0 amide bonds. The number of ether oxygens (including phenoxy) is 1. The Labute approximate surface area is 119 Å². The van der Waals surface area contributed by atoms with Crippen LogP contribution in [-0.4, -0.2) is 50.8 Å². The third-order valence-corrected chi connectivity index (χ3v) is 5.05. The molecule has 1 aliphatic heterocycles. The molecule has 19 heavy (non-hydrogen) atoms. The number of methoxy groups -OCH3 is 1. The topological polar surface area (TPSA) is 24.5 Å². The first-order chi connectivity index (χ1) is 9.33. The standard InChI is InChI=1S/C16H32N2O/c1-3-17-16-6-4-5-15(16)9-12-18-10-7-14(8-11-18)13-19-2/h14-17H,3-13H2,1-2H3. The van der Waals surface area contributed by atoms with Crippen LogP contribution < -0.4 is 5.32 Å². The van der Waals surface area contributed by atoms with Gasteiger partial charge in [-0.1, -0.05) is 13.3 Å². The number of likely N-dealkylation sites (tertiary alicyclic amines) is 1. The highest BCUT2D eigenvalue weighted by Gasteiger charge is 2.27. The molecule has 1 heterocycles. The lowest BCUT2D eigenvalue weighted by Crippen LogP contribution is -2.38. The zero-order valence-corrected chi connectivity index (χ0v) is 12.9. The van der Waals surface area contributed by atoms with Gasteiger partial charge in [-0.2, -0.15) is 0 Å². The number of hydrogen-bond acceptors (Lipinski definition) is 3. The molecule has 2 rings (SSSR count). The fraction of sp³-hybridized carbons (Fsp3) is 1.00. The van der Waals surface area contributed by atoms with Crippen molar-refractivity contribution in [3.63, 3.8) is 0 Å². The lowest BCUT2D eigenvalue weighted by atomic mass is 9.95. The Bertz CT molecular complexity index is 239. The van der Waals surface area contributed by atoms with Gasteiger partial charge in [-0.05, 0) is 70.1 Å². The van der Waals surface area contributed by atoms with E-state index < -0.39 is 0 Å². The van der Waals surface area contributed by atoms with E-state index >= 15 is 0 Å². The van der Waals surface area contributed by atoms with Crippen molar-refractivity contribution in [1.82, 2.24) is 10.2 Å². The van der Waals surface area contributed by atoms with Gasteiger partial charge in [0.2, 0.25) is 0 Å². The van der Waals surface area contributed by atoms with Gasteiger partial charge in [-0.3, -0.25) is 0 Å². The molecule has 0 aromatic heterocycles. The number of piperidine rings is 1. The molecule has 1 saturated heterocycles. The molecule has 1 N–H and O–H groups in total. The summed E-state index contributed by atoms with van der Waals surface area (Å²) in [4.78, 5) is 2.67. The molecule has 2 aliphatic rings. The van der Waals surface area contributed by atoms with E-state index in [0.29, 0.717) is 0 Å². The minimum absolute atomic E-state index is 0.802. The number of nitrogens with one attached hydrogen (secondary N) is 1. The number of nitrogens with zero attached hydrogens (tertiary/aromatic N) is 1. The van der Waals surface area contributed by atoms with E-state index in [1.165, 1.54) is 58.2 Å². The Morgan fingerprint density at radius 3 is 2.63 bits per heavy atom. The van der Waals surface area contributed by atoms with Gasteiger partial charge in [0, 0.05) is 19.8 Å². The second-order valence-corrected chi connectivity index (χ2v) is 6.38. The maximum absolute atomic E-state index is 5.27. The monoisotopic (exact) mass is 268 g/mol. The Morgan fingerprint density at radius 2 is 1.95 bits per heavy atom. The average molecular weight is 268 g/mol. The van der Waals surface area contributed by atoms with Crippen molar-refractivity contribution >= 4 is 0 Å². The largest absolute Gasteiger partial charge is 0.384 e. The van der Waals surface area contributed by atoms with E-state index in [-0.39, 0.29) is 0 Å². The Balaban J connectivity index is 1.63. The summed E-state index contributed by atoms with van der Waals surface area (Å²) in [6.07, 6.45) is 8.32. The first-order valence-corrected chi connectivity index (χ1v) is 8.28. The highest BCUT2D eigenvalue weighted by atomic mass is 16.5. The van der Waals surface area contributed by atoms with Gasteiger partial charge in [0.05, 0.1) is 0 Å². The summed E-state index contributed by atoms with van der Waals surface area (Å²) >= 11 is 0. The van der Waals surface area contributed by atoms with E-state index in [0.717, 1.165) is 31.0 Å². The Morgan fingerprint density at radius 1 is 1.16 bits per heavy atom. The highest BCUT2D eigenvalue weighted by Crippen LogP contribution is 2.29. The van der Waals surface area contributed by atoms with Crippen molar-refractivity contribution in [3.8, 4) is 0 Å². The van der Waals surface area contributed by atoms with Gasteiger partial charge in [0.15, 0.2) is 0 Å². The fourth-order valence-corrected chi connectivity index (χ4v) is 3.87.